The number of hydrogen-bond acceptors (Lipinski definition) is 5. The van der Waals surface area contributed by atoms with Gasteiger partial charge in [-0.25, -0.2) is 4.39 Å². The van der Waals surface area contributed by atoms with Gasteiger partial charge < -0.3 is 19.5 Å². The van der Waals surface area contributed by atoms with Crippen molar-refractivity contribution >= 4 is 17.5 Å². The van der Waals surface area contributed by atoms with Crippen LogP contribution in [0.25, 0.3) is 11.3 Å². The zero-order valence-electron chi connectivity index (χ0n) is 22.6. The highest BCUT2D eigenvalue weighted by Gasteiger charge is 2.43. The monoisotopic (exact) mass is 563 g/mol. The Kier molecular flexibility index (Phi) is 7.98. The van der Waals surface area contributed by atoms with Crippen LogP contribution >= 0.6 is 11.6 Å². The summed E-state index contributed by atoms with van der Waals surface area (Å²) in [6.07, 6.45) is 1.92. The molecule has 1 aliphatic rings. The first kappa shape index (κ1) is 27.5. The summed E-state index contributed by atoms with van der Waals surface area (Å²) in [5.74, 6) is 0.599. The third-order valence-corrected chi connectivity index (χ3v) is 7.41. The maximum atomic E-state index is 13.8. The molecular weight excluding hydrogens is 533 g/mol. The molecule has 1 atom stereocenters. The minimum absolute atomic E-state index is 0.00839. The molecule has 208 valence electrons. The van der Waals surface area contributed by atoms with E-state index in [1.54, 1.807) is 36.1 Å². The van der Waals surface area contributed by atoms with Crippen LogP contribution in [0.4, 0.5) is 4.39 Å². The number of aryl methyl sites for hydroxylation is 1. The van der Waals surface area contributed by atoms with Crippen molar-refractivity contribution < 1.29 is 23.8 Å². The third kappa shape index (κ3) is 5.23. The van der Waals surface area contributed by atoms with E-state index >= 15 is 0 Å². The zero-order chi connectivity index (χ0) is 28.4. The number of phenols is 1. The van der Waals surface area contributed by atoms with Crippen LogP contribution in [0.2, 0.25) is 5.02 Å². The van der Waals surface area contributed by atoms with Crippen LogP contribution in [0.1, 0.15) is 65.5 Å². The van der Waals surface area contributed by atoms with E-state index in [0.717, 1.165) is 29.5 Å². The van der Waals surface area contributed by atoms with E-state index in [9.17, 15) is 14.3 Å². The fourth-order valence-corrected chi connectivity index (χ4v) is 5.13. The van der Waals surface area contributed by atoms with Crippen LogP contribution in [0.3, 0.4) is 0 Å². The molecule has 0 radical (unpaired) electrons. The van der Waals surface area contributed by atoms with Gasteiger partial charge in [-0.2, -0.15) is 5.10 Å². The van der Waals surface area contributed by atoms with Crippen molar-refractivity contribution in [3.63, 3.8) is 0 Å². The van der Waals surface area contributed by atoms with Gasteiger partial charge in [0.15, 0.2) is 11.5 Å². The van der Waals surface area contributed by atoms with E-state index < -0.39 is 6.04 Å². The minimum atomic E-state index is -0.579. The van der Waals surface area contributed by atoms with Crippen LogP contribution in [-0.2, 0) is 6.54 Å². The molecule has 0 aliphatic carbocycles. The van der Waals surface area contributed by atoms with Crippen LogP contribution < -0.4 is 9.47 Å². The summed E-state index contributed by atoms with van der Waals surface area (Å²) in [5.41, 5.74) is 4.05. The van der Waals surface area contributed by atoms with Crippen LogP contribution in [0, 0.1) is 12.7 Å². The molecule has 0 bridgehead atoms. The Morgan fingerprint density at radius 3 is 2.58 bits per heavy atom. The number of aromatic hydroxyl groups is 1. The van der Waals surface area contributed by atoms with Crippen molar-refractivity contribution in [3.8, 4) is 28.5 Å². The van der Waals surface area contributed by atoms with E-state index in [1.165, 1.54) is 12.1 Å². The van der Waals surface area contributed by atoms with Gasteiger partial charge in [-0.15, -0.1) is 0 Å². The maximum Gasteiger partial charge on any atom is 0.273 e. The highest BCUT2D eigenvalue weighted by molar-refractivity contribution is 6.31. The highest BCUT2D eigenvalue weighted by atomic mass is 35.5. The van der Waals surface area contributed by atoms with Crippen molar-refractivity contribution in [3.05, 3.63) is 93.4 Å². The topological polar surface area (TPSA) is 87.7 Å². The number of rotatable bonds is 10. The van der Waals surface area contributed by atoms with Gasteiger partial charge in [-0.1, -0.05) is 43.1 Å². The number of aromatic amines is 1. The first-order valence-electron chi connectivity index (χ1n) is 13.3. The Balaban J connectivity index is 1.64. The summed E-state index contributed by atoms with van der Waals surface area (Å²) in [4.78, 5) is 15.5. The summed E-state index contributed by atoms with van der Waals surface area (Å²) < 4.78 is 25.6. The molecule has 9 heteroatoms. The van der Waals surface area contributed by atoms with Crippen molar-refractivity contribution in [2.75, 3.05) is 13.2 Å². The number of amides is 1. The molecule has 2 heterocycles. The fraction of sp³-hybridized carbons (Fsp3) is 0.290. The van der Waals surface area contributed by atoms with Gasteiger partial charge in [0.1, 0.15) is 23.0 Å². The highest BCUT2D eigenvalue weighted by Crippen LogP contribution is 2.47. The van der Waals surface area contributed by atoms with E-state index in [-0.39, 0.29) is 24.0 Å². The summed E-state index contributed by atoms with van der Waals surface area (Å²) in [5, 5.41) is 18.7. The number of halogens is 2. The first-order valence-corrected chi connectivity index (χ1v) is 13.7. The number of unbranched alkanes of at least 4 members (excludes halogenated alkanes) is 1. The predicted molar refractivity (Wildman–Crippen MR) is 152 cm³/mol. The van der Waals surface area contributed by atoms with Gasteiger partial charge in [-0.3, -0.25) is 9.89 Å². The number of nitrogens with one attached hydrogen (secondary N) is 1. The third-order valence-electron chi connectivity index (χ3n) is 7.00. The molecule has 2 N–H and O–H groups in total. The minimum Gasteiger partial charge on any atom is -0.507 e. The lowest BCUT2D eigenvalue weighted by atomic mass is 9.94. The molecule has 0 spiro atoms. The molecule has 40 heavy (non-hydrogen) atoms. The number of ether oxygens (including phenoxy) is 2. The second-order valence-electron chi connectivity index (χ2n) is 9.78. The largest absolute Gasteiger partial charge is 0.507 e. The normalized spacial score (nSPS) is 14.5. The van der Waals surface area contributed by atoms with Gasteiger partial charge >= 0.3 is 0 Å². The molecule has 1 amide bonds. The predicted octanol–water partition coefficient (Wildman–Crippen LogP) is 7.21. The van der Waals surface area contributed by atoms with E-state index in [1.807, 2.05) is 25.1 Å². The standard InChI is InChI=1S/C31H31ClFN3O4/c1-4-6-13-40-25-12-9-20(15-26(25)39-5-2)30-27-28(22-16-23(32)18(3)14-24(22)37)34-35-29(27)31(38)36(30)17-19-7-10-21(33)11-8-19/h7-12,14-16,30,37H,4-6,13,17H2,1-3H3,(H,34,35). The molecule has 7 nitrogen and oxygen atoms in total. The van der Waals surface area contributed by atoms with Crippen LogP contribution in [0.15, 0.2) is 54.6 Å². The average molecular weight is 564 g/mol. The molecule has 1 aliphatic heterocycles. The van der Waals surface area contributed by atoms with Crippen molar-refractivity contribution in [2.24, 2.45) is 0 Å². The van der Waals surface area contributed by atoms with Crippen molar-refractivity contribution in [1.82, 2.24) is 15.1 Å². The Labute approximate surface area is 237 Å². The lowest BCUT2D eigenvalue weighted by molar-refractivity contribution is 0.0729. The summed E-state index contributed by atoms with van der Waals surface area (Å²) >= 11 is 6.42. The lowest BCUT2D eigenvalue weighted by Gasteiger charge is -2.27. The molecule has 3 aromatic carbocycles. The van der Waals surface area contributed by atoms with Gasteiger partial charge in [0.25, 0.3) is 5.91 Å². The van der Waals surface area contributed by atoms with Crippen molar-refractivity contribution in [2.45, 2.75) is 46.2 Å². The number of hydrogen-bond donors (Lipinski definition) is 2. The fourth-order valence-electron chi connectivity index (χ4n) is 4.96. The number of nitrogens with zero attached hydrogens (tertiary/aromatic N) is 2. The summed E-state index contributed by atoms with van der Waals surface area (Å²) in [6, 6.07) is 14.4. The quantitative estimate of drug-likeness (QED) is 0.199. The second-order valence-corrected chi connectivity index (χ2v) is 10.2. The number of carbonyl (C=O) groups is 1. The zero-order valence-corrected chi connectivity index (χ0v) is 23.4. The lowest BCUT2D eigenvalue weighted by Crippen LogP contribution is -2.29. The summed E-state index contributed by atoms with van der Waals surface area (Å²) in [7, 11) is 0. The summed E-state index contributed by atoms with van der Waals surface area (Å²) in [6.45, 7) is 7.04. The van der Waals surface area contributed by atoms with Crippen LogP contribution in [-0.4, -0.2) is 39.3 Å². The van der Waals surface area contributed by atoms with Crippen LogP contribution in [0.5, 0.6) is 17.2 Å². The van der Waals surface area contributed by atoms with Gasteiger partial charge in [0, 0.05) is 22.7 Å². The number of fused-ring (bicyclic) bond motifs is 1. The average Bonchev–Trinajstić information content (AvgIpc) is 3.47. The Bertz CT molecular complexity index is 1540. The van der Waals surface area contributed by atoms with E-state index in [0.29, 0.717) is 52.3 Å². The molecule has 0 saturated heterocycles. The number of carbonyl (C=O) groups excluding carboxylic acids is 1. The molecule has 1 aromatic heterocycles. The SMILES string of the molecule is CCCCOc1ccc(C2c3c(-c4cc(Cl)c(C)cc4O)n[nH]c3C(=O)N2Cc2ccc(F)cc2)cc1OCC. The van der Waals surface area contributed by atoms with Gasteiger partial charge in [0.05, 0.1) is 19.3 Å². The smallest absolute Gasteiger partial charge is 0.273 e. The molecule has 1 unspecified atom stereocenters. The Morgan fingerprint density at radius 2 is 1.85 bits per heavy atom. The van der Waals surface area contributed by atoms with Crippen molar-refractivity contribution in [1.29, 1.82) is 0 Å². The van der Waals surface area contributed by atoms with E-state index in [2.05, 4.69) is 17.1 Å². The maximum absolute atomic E-state index is 13.8. The Hall–Kier alpha value is -4.04. The molecule has 0 saturated carbocycles. The number of phenolic OH excluding ortho intramolecular Hbond substituents is 1. The molecule has 4 aromatic rings. The molecule has 5 rings (SSSR count). The Morgan fingerprint density at radius 1 is 1.07 bits per heavy atom. The molecular formula is C31H31ClFN3O4. The molecule has 0 fully saturated rings. The number of H-pyrrole nitrogens is 1. The van der Waals surface area contributed by atoms with Gasteiger partial charge in [0.2, 0.25) is 0 Å². The number of benzene rings is 3. The van der Waals surface area contributed by atoms with Gasteiger partial charge in [-0.05, 0) is 73.4 Å². The number of aromatic nitrogens is 2. The first-order chi connectivity index (χ1) is 19.3. The second kappa shape index (κ2) is 11.6. The van der Waals surface area contributed by atoms with E-state index in [4.69, 9.17) is 21.1 Å².